The molecule has 0 spiro atoms. The van der Waals surface area contributed by atoms with Gasteiger partial charge in [-0.3, -0.25) is 4.18 Å². The van der Waals surface area contributed by atoms with Gasteiger partial charge < -0.3 is 10.0 Å². The molecule has 1 aliphatic rings. The van der Waals surface area contributed by atoms with Crippen LogP contribution >= 0.6 is 11.3 Å². The van der Waals surface area contributed by atoms with Gasteiger partial charge in [0, 0.05) is 25.3 Å². The third-order valence-corrected chi connectivity index (χ3v) is 8.72. The van der Waals surface area contributed by atoms with Crippen LogP contribution in [-0.2, 0) is 29.9 Å². The van der Waals surface area contributed by atoms with Crippen LogP contribution < -0.4 is 4.90 Å². The minimum atomic E-state index is -3.68. The van der Waals surface area contributed by atoms with E-state index in [0.717, 1.165) is 28.8 Å². The van der Waals surface area contributed by atoms with Crippen molar-refractivity contribution in [3.05, 3.63) is 47.3 Å². The van der Waals surface area contributed by atoms with Crippen molar-refractivity contribution in [1.82, 2.24) is 4.31 Å². The third-order valence-electron chi connectivity index (χ3n) is 4.91. The van der Waals surface area contributed by atoms with Crippen molar-refractivity contribution in [3.63, 3.8) is 0 Å². The summed E-state index contributed by atoms with van der Waals surface area (Å²) in [7, 11) is -7.33. The zero-order valence-corrected chi connectivity index (χ0v) is 19.5. The van der Waals surface area contributed by atoms with Crippen molar-refractivity contribution in [1.29, 1.82) is 0 Å². The Labute approximate surface area is 181 Å². The van der Waals surface area contributed by atoms with E-state index in [4.69, 9.17) is 4.18 Å². The molecule has 1 saturated heterocycles. The van der Waals surface area contributed by atoms with E-state index in [1.807, 2.05) is 17.0 Å². The molecule has 1 unspecified atom stereocenters. The lowest BCUT2D eigenvalue weighted by Crippen LogP contribution is -2.56. The Morgan fingerprint density at radius 2 is 1.80 bits per heavy atom. The van der Waals surface area contributed by atoms with E-state index in [9.17, 15) is 21.9 Å². The number of hydrogen-bond donors (Lipinski definition) is 1. The molecule has 1 aromatic carbocycles. The van der Waals surface area contributed by atoms with Crippen LogP contribution in [0, 0.1) is 0 Å². The minimum Gasteiger partial charge on any atom is -0.386 e. The molecule has 0 amide bonds. The molecule has 1 fully saturated rings. The van der Waals surface area contributed by atoms with Crippen LogP contribution in [0.2, 0.25) is 0 Å². The number of rotatable bonds is 7. The Kier molecular flexibility index (Phi) is 6.61. The molecular weight excluding hydrogens is 448 g/mol. The molecule has 166 valence electrons. The number of benzene rings is 1. The zero-order valence-electron chi connectivity index (χ0n) is 17.1. The maximum absolute atomic E-state index is 12.9. The molecule has 0 aliphatic carbocycles. The smallest absolute Gasteiger partial charge is 0.264 e. The summed E-state index contributed by atoms with van der Waals surface area (Å²) >= 11 is 1.15. The Bertz CT molecular complexity index is 1060. The number of hydrogen-bond acceptors (Lipinski definition) is 8. The summed E-state index contributed by atoms with van der Waals surface area (Å²) in [4.78, 5) is 1.94. The van der Waals surface area contributed by atoms with E-state index >= 15 is 0 Å². The van der Waals surface area contributed by atoms with Crippen LogP contribution in [0.1, 0.15) is 19.4 Å². The maximum atomic E-state index is 12.9. The van der Waals surface area contributed by atoms with Gasteiger partial charge in [-0.2, -0.15) is 12.7 Å². The van der Waals surface area contributed by atoms with Gasteiger partial charge in [-0.15, -0.1) is 11.3 Å². The molecule has 1 aromatic heterocycles. The van der Waals surface area contributed by atoms with Gasteiger partial charge in [0.2, 0.25) is 0 Å². The average molecular weight is 475 g/mol. The second kappa shape index (κ2) is 8.56. The van der Waals surface area contributed by atoms with Crippen molar-refractivity contribution in [3.8, 4) is 0 Å². The first-order valence-electron chi connectivity index (χ1n) is 9.35. The Morgan fingerprint density at radius 3 is 2.33 bits per heavy atom. The molecular formula is C19H26N2O6S3. The number of aliphatic hydroxyl groups is 1. The van der Waals surface area contributed by atoms with E-state index in [1.54, 1.807) is 43.5 Å². The van der Waals surface area contributed by atoms with Crippen molar-refractivity contribution in [2.75, 3.05) is 37.4 Å². The van der Waals surface area contributed by atoms with Crippen LogP contribution in [0.5, 0.6) is 0 Å². The van der Waals surface area contributed by atoms with Gasteiger partial charge in [0.1, 0.15) is 4.21 Å². The standard InChI is InChI=1S/C19H26N2O6S3/c1-19(2,22)15-6-8-16(9-7-15)21-11-10-20(13-17(21)14-27-29(3,23)24)30(25,26)18-5-4-12-28-18/h4-9,12,17,22H,10-11,13-14H2,1-3H3. The van der Waals surface area contributed by atoms with E-state index < -0.39 is 31.8 Å². The highest BCUT2D eigenvalue weighted by Gasteiger charge is 2.35. The molecule has 8 nitrogen and oxygen atoms in total. The monoisotopic (exact) mass is 474 g/mol. The Balaban J connectivity index is 1.86. The van der Waals surface area contributed by atoms with Crippen LogP contribution in [0.15, 0.2) is 46.0 Å². The zero-order chi connectivity index (χ0) is 22.2. The lowest BCUT2D eigenvalue weighted by molar-refractivity contribution is 0.0786. The average Bonchev–Trinajstić information content (AvgIpc) is 3.21. The van der Waals surface area contributed by atoms with Gasteiger partial charge in [0.05, 0.1) is 24.5 Å². The van der Waals surface area contributed by atoms with Crippen molar-refractivity contribution in [2.24, 2.45) is 0 Å². The van der Waals surface area contributed by atoms with E-state index in [-0.39, 0.29) is 23.9 Å². The topological polar surface area (TPSA) is 104 Å². The molecule has 0 saturated carbocycles. The van der Waals surface area contributed by atoms with Crippen molar-refractivity contribution in [2.45, 2.75) is 29.7 Å². The molecule has 0 radical (unpaired) electrons. The first kappa shape index (κ1) is 23.2. The fourth-order valence-electron chi connectivity index (χ4n) is 3.33. The van der Waals surface area contributed by atoms with Gasteiger partial charge in [-0.05, 0) is 43.0 Å². The predicted octanol–water partition coefficient (Wildman–Crippen LogP) is 1.83. The van der Waals surface area contributed by atoms with E-state index in [0.29, 0.717) is 6.54 Å². The molecule has 0 bridgehead atoms. The molecule has 11 heteroatoms. The highest BCUT2D eigenvalue weighted by molar-refractivity contribution is 7.91. The summed E-state index contributed by atoms with van der Waals surface area (Å²) in [6.45, 7) is 3.97. The number of piperazine rings is 1. The largest absolute Gasteiger partial charge is 0.386 e. The summed E-state index contributed by atoms with van der Waals surface area (Å²) in [6.07, 6.45) is 0.971. The summed E-state index contributed by atoms with van der Waals surface area (Å²) in [6, 6.07) is 10.0. The number of thiophene rings is 1. The second-order valence-corrected chi connectivity index (χ2v) is 12.5. The molecule has 1 aliphatic heterocycles. The minimum absolute atomic E-state index is 0.100. The lowest BCUT2D eigenvalue weighted by Gasteiger charge is -2.41. The third kappa shape index (κ3) is 5.40. The molecule has 2 aromatic rings. The fourth-order valence-corrected chi connectivity index (χ4v) is 6.35. The SMILES string of the molecule is CC(C)(O)c1ccc(N2CCN(S(=O)(=O)c3cccs3)CC2COS(C)(=O)=O)cc1. The highest BCUT2D eigenvalue weighted by atomic mass is 32.2. The van der Waals surface area contributed by atoms with Crippen molar-refractivity contribution >= 4 is 37.2 Å². The first-order chi connectivity index (χ1) is 13.9. The second-order valence-electron chi connectivity index (χ2n) is 7.74. The normalized spacial score (nSPS) is 19.2. The van der Waals surface area contributed by atoms with Gasteiger partial charge >= 0.3 is 0 Å². The quantitative estimate of drug-likeness (QED) is 0.611. The predicted molar refractivity (Wildman–Crippen MR) is 117 cm³/mol. The molecule has 30 heavy (non-hydrogen) atoms. The van der Waals surface area contributed by atoms with Crippen LogP contribution in [0.4, 0.5) is 5.69 Å². The van der Waals surface area contributed by atoms with Crippen LogP contribution in [0.25, 0.3) is 0 Å². The Hall–Kier alpha value is -1.50. The van der Waals surface area contributed by atoms with Gasteiger partial charge in [-0.25, -0.2) is 8.42 Å². The van der Waals surface area contributed by atoms with Gasteiger partial charge in [0.25, 0.3) is 20.1 Å². The van der Waals surface area contributed by atoms with Crippen LogP contribution in [-0.4, -0.2) is 64.8 Å². The fraction of sp³-hybridized carbons (Fsp3) is 0.474. The summed E-state index contributed by atoms with van der Waals surface area (Å²) in [5.41, 5.74) is 0.567. The van der Waals surface area contributed by atoms with Gasteiger partial charge in [-0.1, -0.05) is 18.2 Å². The lowest BCUT2D eigenvalue weighted by atomic mass is 9.98. The number of nitrogens with zero attached hydrogens (tertiary/aromatic N) is 2. The molecule has 1 atom stereocenters. The number of sulfonamides is 1. The summed E-state index contributed by atoms with van der Waals surface area (Å²) in [5, 5.41) is 11.9. The van der Waals surface area contributed by atoms with E-state index in [1.165, 1.54) is 4.31 Å². The number of anilines is 1. The van der Waals surface area contributed by atoms with Gasteiger partial charge in [0.15, 0.2) is 0 Å². The molecule has 3 rings (SSSR count). The summed E-state index contributed by atoms with van der Waals surface area (Å²) < 4.78 is 55.6. The summed E-state index contributed by atoms with van der Waals surface area (Å²) in [5.74, 6) is 0. The first-order valence-corrected chi connectivity index (χ1v) is 13.5. The molecule has 1 N–H and O–H groups in total. The van der Waals surface area contributed by atoms with Crippen LogP contribution in [0.3, 0.4) is 0 Å². The maximum Gasteiger partial charge on any atom is 0.264 e. The van der Waals surface area contributed by atoms with E-state index in [2.05, 4.69) is 0 Å². The van der Waals surface area contributed by atoms with Crippen molar-refractivity contribution < 1.29 is 26.1 Å². The Morgan fingerprint density at radius 1 is 1.13 bits per heavy atom. The molecule has 2 heterocycles. The highest BCUT2D eigenvalue weighted by Crippen LogP contribution is 2.28.